The molecule has 1 aromatic heterocycles. The first-order valence-electron chi connectivity index (χ1n) is 7.63. The van der Waals surface area contributed by atoms with Gasteiger partial charge in [0.05, 0.1) is 0 Å². The molecule has 1 saturated heterocycles. The molecule has 0 saturated carbocycles. The van der Waals surface area contributed by atoms with Gasteiger partial charge in [0.2, 0.25) is 5.91 Å². The lowest BCUT2D eigenvalue weighted by atomic mass is 10.0. The minimum Gasteiger partial charge on any atom is -0.368 e. The van der Waals surface area contributed by atoms with Crippen LogP contribution in [0.15, 0.2) is 18.3 Å². The number of hydrogen-bond acceptors (Lipinski definition) is 4. The number of nitrogens with one attached hydrogen (secondary N) is 1. The molecule has 0 spiro atoms. The highest BCUT2D eigenvalue weighted by Gasteiger charge is 2.27. The molecule has 116 valence electrons. The first-order valence-corrected chi connectivity index (χ1v) is 7.63. The highest BCUT2D eigenvalue weighted by atomic mass is 16.1. The second-order valence-corrected chi connectivity index (χ2v) is 6.74. The summed E-state index contributed by atoms with van der Waals surface area (Å²) in [7, 11) is 0. The molecule has 0 aromatic carbocycles. The number of pyridine rings is 1. The normalized spacial score (nSPS) is 19.6. The minimum absolute atomic E-state index is 0.0859. The summed E-state index contributed by atoms with van der Waals surface area (Å²) >= 11 is 0. The van der Waals surface area contributed by atoms with Crippen LogP contribution in [0.3, 0.4) is 0 Å². The zero-order chi connectivity index (χ0) is 15.5. The molecule has 0 aliphatic carbocycles. The second kappa shape index (κ2) is 6.43. The molecule has 1 aliphatic heterocycles. The van der Waals surface area contributed by atoms with E-state index in [1.807, 2.05) is 17.2 Å². The number of nitrogens with zero attached hydrogens (tertiary/aromatic N) is 2. The molecule has 0 radical (unpaired) electrons. The number of amides is 1. The standard InChI is InChI=1S/C16H26N4O/c1-16(2,3)19-11-12-7-8-14(18-10-12)20-9-5-4-6-13(20)15(17)21/h7-8,10,13,19H,4-6,9,11H2,1-3H3,(H2,17,21). The number of carbonyl (C=O) groups is 1. The SMILES string of the molecule is CC(C)(C)NCc1ccc(N2CCCCC2C(N)=O)nc1. The summed E-state index contributed by atoms with van der Waals surface area (Å²) in [6, 6.07) is 3.83. The van der Waals surface area contributed by atoms with Crippen LogP contribution in [0.4, 0.5) is 5.82 Å². The second-order valence-electron chi connectivity index (χ2n) is 6.74. The number of rotatable bonds is 4. The van der Waals surface area contributed by atoms with Crippen molar-refractivity contribution >= 4 is 11.7 Å². The number of hydrogen-bond donors (Lipinski definition) is 2. The number of carbonyl (C=O) groups excluding carboxylic acids is 1. The van der Waals surface area contributed by atoms with E-state index in [9.17, 15) is 4.79 Å². The molecule has 1 aromatic rings. The molecule has 1 unspecified atom stereocenters. The van der Waals surface area contributed by atoms with Crippen LogP contribution in [-0.2, 0) is 11.3 Å². The van der Waals surface area contributed by atoms with Gasteiger partial charge < -0.3 is 16.0 Å². The molecule has 5 nitrogen and oxygen atoms in total. The summed E-state index contributed by atoms with van der Waals surface area (Å²) in [5, 5.41) is 3.44. The average molecular weight is 290 g/mol. The predicted molar refractivity (Wildman–Crippen MR) is 85.0 cm³/mol. The van der Waals surface area contributed by atoms with Crippen molar-refractivity contribution < 1.29 is 4.79 Å². The number of piperidine rings is 1. The first kappa shape index (κ1) is 15.8. The Morgan fingerprint density at radius 3 is 2.76 bits per heavy atom. The lowest BCUT2D eigenvalue weighted by Gasteiger charge is -2.34. The average Bonchev–Trinajstić information content (AvgIpc) is 2.45. The third-order valence-corrected chi connectivity index (χ3v) is 3.76. The van der Waals surface area contributed by atoms with E-state index < -0.39 is 0 Å². The summed E-state index contributed by atoms with van der Waals surface area (Å²) in [6.45, 7) is 8.05. The van der Waals surface area contributed by atoms with E-state index in [0.29, 0.717) is 0 Å². The maximum atomic E-state index is 11.6. The van der Waals surface area contributed by atoms with Crippen LogP contribution in [0.25, 0.3) is 0 Å². The summed E-state index contributed by atoms with van der Waals surface area (Å²) in [6.07, 6.45) is 4.83. The molecule has 3 N–H and O–H groups in total. The van der Waals surface area contributed by atoms with Crippen molar-refractivity contribution in [2.45, 2.75) is 58.2 Å². The van der Waals surface area contributed by atoms with Gasteiger partial charge in [-0.1, -0.05) is 6.07 Å². The van der Waals surface area contributed by atoms with Crippen LogP contribution in [0.1, 0.15) is 45.6 Å². The Bertz CT molecular complexity index is 478. The van der Waals surface area contributed by atoms with Crippen molar-refractivity contribution in [2.24, 2.45) is 5.73 Å². The Balaban J connectivity index is 2.05. The zero-order valence-electron chi connectivity index (χ0n) is 13.2. The van der Waals surface area contributed by atoms with Gasteiger partial charge in [0.25, 0.3) is 0 Å². The van der Waals surface area contributed by atoms with Gasteiger partial charge in [0, 0.05) is 24.8 Å². The Labute approximate surface area is 126 Å². The number of anilines is 1. The molecular formula is C16H26N4O. The first-order chi connectivity index (χ1) is 9.87. The van der Waals surface area contributed by atoms with E-state index in [-0.39, 0.29) is 17.5 Å². The fourth-order valence-electron chi connectivity index (χ4n) is 2.56. The molecule has 0 bridgehead atoms. The Kier molecular flexibility index (Phi) is 4.83. The fraction of sp³-hybridized carbons (Fsp3) is 0.625. The van der Waals surface area contributed by atoms with E-state index in [1.165, 1.54) is 0 Å². The van der Waals surface area contributed by atoms with Crippen LogP contribution in [0.2, 0.25) is 0 Å². The van der Waals surface area contributed by atoms with Gasteiger partial charge in [0.1, 0.15) is 11.9 Å². The predicted octanol–water partition coefficient (Wildman–Crippen LogP) is 1.81. The van der Waals surface area contributed by atoms with Crippen molar-refractivity contribution in [3.63, 3.8) is 0 Å². The smallest absolute Gasteiger partial charge is 0.240 e. The van der Waals surface area contributed by atoms with Crippen LogP contribution in [0, 0.1) is 0 Å². The van der Waals surface area contributed by atoms with Gasteiger partial charge in [-0.15, -0.1) is 0 Å². The van der Waals surface area contributed by atoms with E-state index in [1.54, 1.807) is 0 Å². The summed E-state index contributed by atoms with van der Waals surface area (Å²) in [4.78, 5) is 18.1. The summed E-state index contributed by atoms with van der Waals surface area (Å²) in [5.41, 5.74) is 6.73. The topological polar surface area (TPSA) is 71.2 Å². The van der Waals surface area contributed by atoms with Gasteiger partial charge >= 0.3 is 0 Å². The van der Waals surface area contributed by atoms with E-state index in [2.05, 4.69) is 37.1 Å². The number of nitrogens with two attached hydrogens (primary N) is 1. The van der Waals surface area contributed by atoms with Gasteiger partial charge in [-0.3, -0.25) is 4.79 Å². The third-order valence-electron chi connectivity index (χ3n) is 3.76. The monoisotopic (exact) mass is 290 g/mol. The summed E-state index contributed by atoms with van der Waals surface area (Å²) in [5.74, 6) is 0.591. The maximum absolute atomic E-state index is 11.6. The van der Waals surface area contributed by atoms with Crippen LogP contribution >= 0.6 is 0 Å². The van der Waals surface area contributed by atoms with Crippen molar-refractivity contribution in [3.05, 3.63) is 23.9 Å². The number of primary amides is 1. The molecule has 1 aliphatic rings. The van der Waals surface area contributed by atoms with Crippen molar-refractivity contribution in [3.8, 4) is 0 Å². The van der Waals surface area contributed by atoms with Gasteiger partial charge in [-0.2, -0.15) is 0 Å². The van der Waals surface area contributed by atoms with Gasteiger partial charge in [-0.25, -0.2) is 4.98 Å². The Morgan fingerprint density at radius 2 is 2.19 bits per heavy atom. The summed E-state index contributed by atoms with van der Waals surface area (Å²) < 4.78 is 0. The van der Waals surface area contributed by atoms with Crippen molar-refractivity contribution in [1.82, 2.24) is 10.3 Å². The maximum Gasteiger partial charge on any atom is 0.240 e. The number of aromatic nitrogens is 1. The molecule has 1 amide bonds. The molecule has 2 rings (SSSR count). The van der Waals surface area contributed by atoms with E-state index in [0.717, 1.165) is 43.7 Å². The Hall–Kier alpha value is -1.62. The fourth-order valence-corrected chi connectivity index (χ4v) is 2.56. The molecule has 1 fully saturated rings. The van der Waals surface area contributed by atoms with E-state index >= 15 is 0 Å². The molecular weight excluding hydrogens is 264 g/mol. The minimum atomic E-state index is -0.255. The molecule has 5 heteroatoms. The lowest BCUT2D eigenvalue weighted by molar-refractivity contribution is -0.119. The zero-order valence-corrected chi connectivity index (χ0v) is 13.2. The lowest BCUT2D eigenvalue weighted by Crippen LogP contribution is -2.48. The van der Waals surface area contributed by atoms with Crippen LogP contribution < -0.4 is 16.0 Å². The van der Waals surface area contributed by atoms with E-state index in [4.69, 9.17) is 5.73 Å². The highest BCUT2D eigenvalue weighted by Crippen LogP contribution is 2.23. The molecule has 1 atom stereocenters. The highest BCUT2D eigenvalue weighted by molar-refractivity contribution is 5.83. The Morgan fingerprint density at radius 1 is 1.43 bits per heavy atom. The molecule has 21 heavy (non-hydrogen) atoms. The van der Waals surface area contributed by atoms with Gasteiger partial charge in [-0.05, 0) is 51.7 Å². The van der Waals surface area contributed by atoms with Crippen molar-refractivity contribution in [1.29, 1.82) is 0 Å². The molecule has 2 heterocycles. The largest absolute Gasteiger partial charge is 0.368 e. The van der Waals surface area contributed by atoms with Crippen LogP contribution in [0.5, 0.6) is 0 Å². The van der Waals surface area contributed by atoms with Crippen molar-refractivity contribution in [2.75, 3.05) is 11.4 Å². The quantitative estimate of drug-likeness (QED) is 0.887. The third kappa shape index (κ3) is 4.43. The van der Waals surface area contributed by atoms with Gasteiger partial charge in [0.15, 0.2) is 0 Å². The van der Waals surface area contributed by atoms with Crippen LogP contribution in [-0.4, -0.2) is 29.0 Å².